The molecule has 0 fully saturated rings. The molecule has 0 nitrogen and oxygen atoms in total. The molecule has 0 unspecified atom stereocenters. The number of rotatable bonds is 6. The van der Waals surface area contributed by atoms with Crippen molar-refractivity contribution in [2.24, 2.45) is 5.41 Å². The van der Waals surface area contributed by atoms with Gasteiger partial charge in [-0.05, 0) is 18.3 Å². The maximum atomic E-state index is 2.40. The Morgan fingerprint density at radius 3 is 1.91 bits per heavy atom. The smallest absolute Gasteiger partial charge is 0.0354 e. The van der Waals surface area contributed by atoms with Gasteiger partial charge in [-0.1, -0.05) is 53.4 Å². The topological polar surface area (TPSA) is 0 Å². The predicted octanol–water partition coefficient (Wildman–Crippen LogP) is 4.39. The Bertz CT molecular complexity index is 82.0. The summed E-state index contributed by atoms with van der Waals surface area (Å²) in [5, 5.41) is 0. The van der Waals surface area contributed by atoms with Crippen LogP contribution in [0.2, 0.25) is 0 Å². The largest absolute Gasteiger partial charge is 0.0654 e. The van der Waals surface area contributed by atoms with Gasteiger partial charge < -0.3 is 0 Å². The zero-order valence-electron chi connectivity index (χ0n) is 8.74. The van der Waals surface area contributed by atoms with E-state index in [1.165, 1.54) is 38.5 Å². The van der Waals surface area contributed by atoms with Crippen molar-refractivity contribution in [2.45, 2.75) is 66.2 Å². The summed E-state index contributed by atoms with van der Waals surface area (Å²) in [5.41, 5.74) is 0.601. The Kier molecular flexibility index (Phi) is 5.62. The number of unbranched alkanes of at least 4 members (excludes halogenated alkanes) is 2. The molecule has 0 aliphatic carbocycles. The summed E-state index contributed by atoms with van der Waals surface area (Å²) in [5.74, 6) is 0. The normalized spacial score (nSPS) is 12.0. The van der Waals surface area contributed by atoms with Gasteiger partial charge >= 0.3 is 0 Å². The molecule has 0 rings (SSSR count). The standard InChI is InChI=1S/C11H24/c1-5-7-8-10-11(3,4)9-6-2/h5-10H2,1-4H3. The van der Waals surface area contributed by atoms with Crippen LogP contribution < -0.4 is 0 Å². The van der Waals surface area contributed by atoms with Gasteiger partial charge in [0, 0.05) is 0 Å². The molecule has 0 saturated heterocycles. The molecule has 0 aromatic rings. The quantitative estimate of drug-likeness (QED) is 0.500. The Labute approximate surface area is 72.4 Å². The maximum absolute atomic E-state index is 2.40. The lowest BCUT2D eigenvalue weighted by molar-refractivity contribution is 0.292. The van der Waals surface area contributed by atoms with Gasteiger partial charge in [0.25, 0.3) is 0 Å². The van der Waals surface area contributed by atoms with Crippen LogP contribution in [0.1, 0.15) is 66.2 Å². The molecule has 0 aliphatic heterocycles. The second kappa shape index (κ2) is 5.62. The Hall–Kier alpha value is 0. The maximum Gasteiger partial charge on any atom is -0.0354 e. The van der Waals surface area contributed by atoms with Crippen molar-refractivity contribution < 1.29 is 0 Å². The summed E-state index contributed by atoms with van der Waals surface area (Å²) in [6.45, 7) is 9.34. The molecule has 0 aromatic carbocycles. The monoisotopic (exact) mass is 156 g/mol. The average Bonchev–Trinajstić information content (AvgIpc) is 1.87. The summed E-state index contributed by atoms with van der Waals surface area (Å²) < 4.78 is 0. The molecule has 0 atom stereocenters. The van der Waals surface area contributed by atoms with Gasteiger partial charge in [0.2, 0.25) is 0 Å². The highest BCUT2D eigenvalue weighted by molar-refractivity contribution is 4.67. The molecule has 0 N–H and O–H groups in total. The SMILES string of the molecule is CCCCCC(C)(C)CCC. The van der Waals surface area contributed by atoms with Crippen LogP contribution in [-0.2, 0) is 0 Å². The van der Waals surface area contributed by atoms with Crippen LogP contribution in [0.15, 0.2) is 0 Å². The van der Waals surface area contributed by atoms with Gasteiger partial charge in [-0.25, -0.2) is 0 Å². The summed E-state index contributed by atoms with van der Waals surface area (Å²) >= 11 is 0. The Balaban J connectivity index is 3.38. The van der Waals surface area contributed by atoms with E-state index in [9.17, 15) is 0 Å². The minimum absolute atomic E-state index is 0.601. The Morgan fingerprint density at radius 1 is 0.818 bits per heavy atom. The lowest BCUT2D eigenvalue weighted by atomic mass is 9.83. The summed E-state index contributed by atoms with van der Waals surface area (Å²) in [7, 11) is 0. The van der Waals surface area contributed by atoms with Crippen LogP contribution in [-0.4, -0.2) is 0 Å². The third-order valence-electron chi connectivity index (χ3n) is 2.38. The lowest BCUT2D eigenvalue weighted by Crippen LogP contribution is -2.10. The first-order valence-corrected chi connectivity index (χ1v) is 5.12. The highest BCUT2D eigenvalue weighted by Gasteiger charge is 2.14. The van der Waals surface area contributed by atoms with E-state index in [1.54, 1.807) is 0 Å². The Morgan fingerprint density at radius 2 is 1.45 bits per heavy atom. The van der Waals surface area contributed by atoms with E-state index in [1.807, 2.05) is 0 Å². The van der Waals surface area contributed by atoms with E-state index in [4.69, 9.17) is 0 Å². The molecule has 0 saturated carbocycles. The minimum atomic E-state index is 0.601. The highest BCUT2D eigenvalue weighted by Crippen LogP contribution is 2.28. The molecule has 0 amide bonds. The minimum Gasteiger partial charge on any atom is -0.0654 e. The molecule has 0 heteroatoms. The summed E-state index contributed by atoms with van der Waals surface area (Å²) in [6, 6.07) is 0. The van der Waals surface area contributed by atoms with Gasteiger partial charge in [-0.3, -0.25) is 0 Å². The van der Waals surface area contributed by atoms with Gasteiger partial charge in [0.15, 0.2) is 0 Å². The van der Waals surface area contributed by atoms with Crippen LogP contribution in [0.3, 0.4) is 0 Å². The fourth-order valence-electron chi connectivity index (χ4n) is 1.66. The first kappa shape index (κ1) is 11.0. The van der Waals surface area contributed by atoms with E-state index >= 15 is 0 Å². The van der Waals surface area contributed by atoms with E-state index in [0.717, 1.165) is 0 Å². The van der Waals surface area contributed by atoms with Gasteiger partial charge in [-0.2, -0.15) is 0 Å². The molecular weight excluding hydrogens is 132 g/mol. The van der Waals surface area contributed by atoms with E-state index < -0.39 is 0 Å². The van der Waals surface area contributed by atoms with Gasteiger partial charge in [-0.15, -0.1) is 0 Å². The van der Waals surface area contributed by atoms with Gasteiger partial charge in [0.05, 0.1) is 0 Å². The van der Waals surface area contributed by atoms with Crippen molar-refractivity contribution in [3.63, 3.8) is 0 Å². The van der Waals surface area contributed by atoms with E-state index in [0.29, 0.717) is 5.41 Å². The van der Waals surface area contributed by atoms with Crippen LogP contribution in [0.5, 0.6) is 0 Å². The highest BCUT2D eigenvalue weighted by atomic mass is 14.2. The molecule has 0 radical (unpaired) electrons. The number of hydrogen-bond donors (Lipinski definition) is 0. The molecule has 0 aliphatic rings. The van der Waals surface area contributed by atoms with Crippen molar-refractivity contribution >= 4 is 0 Å². The van der Waals surface area contributed by atoms with Crippen molar-refractivity contribution in [3.8, 4) is 0 Å². The van der Waals surface area contributed by atoms with Crippen molar-refractivity contribution in [3.05, 3.63) is 0 Å². The second-order valence-corrected chi connectivity index (χ2v) is 4.37. The summed E-state index contributed by atoms with van der Waals surface area (Å²) in [6.07, 6.45) is 8.31. The van der Waals surface area contributed by atoms with Crippen molar-refractivity contribution in [2.75, 3.05) is 0 Å². The van der Waals surface area contributed by atoms with Crippen LogP contribution in [0.4, 0.5) is 0 Å². The second-order valence-electron chi connectivity index (χ2n) is 4.37. The molecule has 68 valence electrons. The molecule has 0 spiro atoms. The average molecular weight is 156 g/mol. The lowest BCUT2D eigenvalue weighted by Gasteiger charge is -2.23. The number of hydrogen-bond acceptors (Lipinski definition) is 0. The third-order valence-corrected chi connectivity index (χ3v) is 2.38. The third kappa shape index (κ3) is 6.40. The molecular formula is C11H24. The zero-order chi connectivity index (χ0) is 8.74. The van der Waals surface area contributed by atoms with Crippen LogP contribution in [0, 0.1) is 5.41 Å². The molecule has 0 aromatic heterocycles. The van der Waals surface area contributed by atoms with E-state index in [-0.39, 0.29) is 0 Å². The summed E-state index contributed by atoms with van der Waals surface area (Å²) in [4.78, 5) is 0. The predicted molar refractivity (Wildman–Crippen MR) is 52.8 cm³/mol. The fourth-order valence-corrected chi connectivity index (χ4v) is 1.66. The van der Waals surface area contributed by atoms with Crippen molar-refractivity contribution in [1.82, 2.24) is 0 Å². The first-order chi connectivity index (χ1) is 5.12. The first-order valence-electron chi connectivity index (χ1n) is 5.12. The zero-order valence-corrected chi connectivity index (χ0v) is 8.74. The molecule has 11 heavy (non-hydrogen) atoms. The van der Waals surface area contributed by atoms with Gasteiger partial charge in [0.1, 0.15) is 0 Å². The van der Waals surface area contributed by atoms with Crippen LogP contribution >= 0.6 is 0 Å². The molecule has 0 heterocycles. The van der Waals surface area contributed by atoms with Crippen LogP contribution in [0.25, 0.3) is 0 Å². The van der Waals surface area contributed by atoms with Crippen molar-refractivity contribution in [1.29, 1.82) is 0 Å². The molecule has 0 bridgehead atoms. The van der Waals surface area contributed by atoms with E-state index in [2.05, 4.69) is 27.7 Å². The fraction of sp³-hybridized carbons (Fsp3) is 1.00.